The number of aromatic nitrogens is 2. The molecule has 0 spiro atoms. The number of benzene rings is 3. The molecule has 4 aromatic rings. The van der Waals surface area contributed by atoms with Gasteiger partial charge in [0, 0.05) is 31.6 Å². The average Bonchev–Trinajstić information content (AvgIpc) is 3.08. The van der Waals surface area contributed by atoms with Crippen LogP contribution in [0.1, 0.15) is 30.0 Å². The normalized spacial score (nSPS) is 13.7. The molecule has 47 heavy (non-hydrogen) atoms. The number of nitrogens with zero attached hydrogens (tertiary/aromatic N) is 3. The molecule has 1 aliphatic heterocycles. The van der Waals surface area contributed by atoms with E-state index in [1.807, 2.05) is 6.07 Å². The summed E-state index contributed by atoms with van der Waals surface area (Å²) in [7, 11) is 1.46. The number of fused-ring (bicyclic) bond motifs is 1. The highest BCUT2D eigenvalue weighted by atomic mass is 35.5. The van der Waals surface area contributed by atoms with Gasteiger partial charge in [0.1, 0.15) is 13.3 Å². The van der Waals surface area contributed by atoms with Crippen molar-refractivity contribution in [3.8, 4) is 17.2 Å². The van der Waals surface area contributed by atoms with Gasteiger partial charge in [0.25, 0.3) is 5.56 Å². The van der Waals surface area contributed by atoms with Gasteiger partial charge < -0.3 is 19.1 Å². The van der Waals surface area contributed by atoms with E-state index in [2.05, 4.69) is 0 Å². The molecule has 1 amide bonds. The molecule has 1 aliphatic rings. The molecule has 14 heteroatoms. The number of ether oxygens (including phenoxy) is 3. The molecule has 0 atom stereocenters. The number of hydrogen-bond acceptors (Lipinski definition) is 6. The van der Waals surface area contributed by atoms with Gasteiger partial charge in [0.15, 0.2) is 29.2 Å². The minimum absolute atomic E-state index is 0.0194. The molecule has 1 aromatic heterocycles. The Kier molecular flexibility index (Phi) is 11.0. The molecule has 0 radical (unpaired) electrons. The number of hydrogen-bond donors (Lipinski definition) is 0. The third kappa shape index (κ3) is 7.54. The molecule has 0 saturated carbocycles. The summed E-state index contributed by atoms with van der Waals surface area (Å²) in [5, 5.41) is 0.833. The highest BCUT2D eigenvalue weighted by Gasteiger charge is 2.26. The molecular weight excluding hydrogens is 662 g/mol. The minimum atomic E-state index is -1.56. The van der Waals surface area contributed by atoms with E-state index in [0.717, 1.165) is 28.7 Å². The van der Waals surface area contributed by atoms with Gasteiger partial charge in [-0.2, -0.15) is 0 Å². The van der Waals surface area contributed by atoms with Gasteiger partial charge in [-0.1, -0.05) is 35.3 Å². The zero-order valence-electron chi connectivity index (χ0n) is 25.4. The van der Waals surface area contributed by atoms with Crippen LogP contribution < -0.4 is 25.5 Å². The maximum atomic E-state index is 15.2. The first-order valence-electron chi connectivity index (χ1n) is 14.9. The van der Waals surface area contributed by atoms with Crippen molar-refractivity contribution in [3.63, 3.8) is 0 Å². The van der Waals surface area contributed by atoms with Crippen LogP contribution in [-0.4, -0.2) is 66.7 Å². The number of carbonyl (C=O) groups excluding carboxylic acids is 1. The molecule has 0 unspecified atom stereocenters. The summed E-state index contributed by atoms with van der Waals surface area (Å²) in [5.41, 5.74) is 0.0667. The SMILES string of the molecule is COc1cc(Cn2c(=O)c3cc(OC(CF)CF)c(F)cc3n(C3CCN(C=O)CC3)c2=O)ccc1OCCc1ccc(Cl)c(Cl)c1. The largest absolute Gasteiger partial charge is 0.493 e. The average molecular weight is 695 g/mol. The summed E-state index contributed by atoms with van der Waals surface area (Å²) in [6.07, 6.45) is 0.490. The van der Waals surface area contributed by atoms with Crippen LogP contribution in [0, 0.1) is 5.82 Å². The molecule has 3 aromatic carbocycles. The van der Waals surface area contributed by atoms with Gasteiger partial charge in [-0.15, -0.1) is 0 Å². The van der Waals surface area contributed by atoms with E-state index in [0.29, 0.717) is 66.1 Å². The van der Waals surface area contributed by atoms with Crippen LogP contribution in [0.15, 0.2) is 58.1 Å². The number of halogens is 5. The lowest BCUT2D eigenvalue weighted by molar-refractivity contribution is -0.119. The maximum absolute atomic E-state index is 15.2. The second-order valence-electron chi connectivity index (χ2n) is 11.1. The number of alkyl halides is 2. The maximum Gasteiger partial charge on any atom is 0.332 e. The van der Waals surface area contributed by atoms with E-state index in [-0.39, 0.29) is 17.4 Å². The summed E-state index contributed by atoms with van der Waals surface area (Å²) >= 11 is 12.1. The van der Waals surface area contributed by atoms with E-state index >= 15 is 4.39 Å². The monoisotopic (exact) mass is 693 g/mol. The molecular formula is C33H32Cl2F3N3O6. The van der Waals surface area contributed by atoms with Crippen molar-refractivity contribution >= 4 is 40.5 Å². The molecule has 1 fully saturated rings. The van der Waals surface area contributed by atoms with E-state index < -0.39 is 48.3 Å². The van der Waals surface area contributed by atoms with Gasteiger partial charge in [0.2, 0.25) is 6.41 Å². The number of rotatable bonds is 13. The van der Waals surface area contributed by atoms with Crippen molar-refractivity contribution in [2.45, 2.75) is 38.0 Å². The number of likely N-dealkylation sites (tertiary alicyclic amines) is 1. The zero-order valence-corrected chi connectivity index (χ0v) is 26.9. The van der Waals surface area contributed by atoms with Crippen LogP contribution in [0.3, 0.4) is 0 Å². The first-order valence-corrected chi connectivity index (χ1v) is 15.6. The van der Waals surface area contributed by atoms with Crippen LogP contribution in [0.25, 0.3) is 10.9 Å². The number of piperidine rings is 1. The van der Waals surface area contributed by atoms with Crippen LogP contribution in [0.5, 0.6) is 17.2 Å². The molecule has 0 aliphatic carbocycles. The Morgan fingerprint density at radius 3 is 2.32 bits per heavy atom. The molecule has 250 valence electrons. The van der Waals surface area contributed by atoms with E-state index in [4.69, 9.17) is 37.4 Å². The van der Waals surface area contributed by atoms with Crippen LogP contribution in [-0.2, 0) is 17.8 Å². The molecule has 0 bridgehead atoms. The summed E-state index contributed by atoms with van der Waals surface area (Å²) in [6.45, 7) is -1.55. The van der Waals surface area contributed by atoms with Crippen LogP contribution in [0.2, 0.25) is 10.0 Å². The molecule has 2 heterocycles. The van der Waals surface area contributed by atoms with Gasteiger partial charge in [-0.05, 0) is 54.3 Å². The van der Waals surface area contributed by atoms with Crippen molar-refractivity contribution in [1.29, 1.82) is 0 Å². The van der Waals surface area contributed by atoms with Crippen molar-refractivity contribution in [3.05, 3.63) is 96.4 Å². The molecule has 1 saturated heterocycles. The summed E-state index contributed by atoms with van der Waals surface area (Å²) in [5.74, 6) is -0.673. The van der Waals surface area contributed by atoms with Gasteiger partial charge >= 0.3 is 5.69 Å². The summed E-state index contributed by atoms with van der Waals surface area (Å²) < 4.78 is 60.6. The van der Waals surface area contributed by atoms with Crippen molar-refractivity contribution in [2.75, 3.05) is 40.2 Å². The predicted molar refractivity (Wildman–Crippen MR) is 172 cm³/mol. The lowest BCUT2D eigenvalue weighted by Crippen LogP contribution is -2.44. The first kappa shape index (κ1) is 34.2. The van der Waals surface area contributed by atoms with E-state index in [9.17, 15) is 23.2 Å². The highest BCUT2D eigenvalue weighted by Crippen LogP contribution is 2.31. The molecule has 5 rings (SSSR count). The van der Waals surface area contributed by atoms with Crippen molar-refractivity contribution < 1.29 is 32.2 Å². The topological polar surface area (TPSA) is 92.0 Å². The Balaban J connectivity index is 1.49. The quantitative estimate of drug-likeness (QED) is 0.165. The van der Waals surface area contributed by atoms with E-state index in [1.165, 1.54) is 11.7 Å². The Bertz CT molecular complexity index is 1870. The third-order valence-electron chi connectivity index (χ3n) is 8.07. The Hall–Kier alpha value is -4.16. The minimum Gasteiger partial charge on any atom is -0.493 e. The molecule has 9 nitrogen and oxygen atoms in total. The summed E-state index contributed by atoms with van der Waals surface area (Å²) in [4.78, 5) is 40.7. The third-order valence-corrected chi connectivity index (χ3v) is 8.81. The number of methoxy groups -OCH3 is 1. The van der Waals surface area contributed by atoms with Gasteiger partial charge in [-0.25, -0.2) is 18.0 Å². The second kappa shape index (κ2) is 15.2. The Morgan fingerprint density at radius 1 is 0.936 bits per heavy atom. The fourth-order valence-corrected chi connectivity index (χ4v) is 5.90. The fraction of sp³-hybridized carbons (Fsp3) is 0.364. The van der Waals surface area contributed by atoms with Crippen molar-refractivity contribution in [1.82, 2.24) is 14.0 Å². The predicted octanol–water partition coefficient (Wildman–Crippen LogP) is 5.77. The van der Waals surface area contributed by atoms with Gasteiger partial charge in [-0.3, -0.25) is 18.7 Å². The summed E-state index contributed by atoms with van der Waals surface area (Å²) in [6, 6.07) is 11.9. The van der Waals surface area contributed by atoms with Crippen LogP contribution >= 0.6 is 23.2 Å². The lowest BCUT2D eigenvalue weighted by atomic mass is 10.0. The fourth-order valence-electron chi connectivity index (χ4n) is 5.58. The second-order valence-corrected chi connectivity index (χ2v) is 11.9. The lowest BCUT2D eigenvalue weighted by Gasteiger charge is -2.31. The smallest absolute Gasteiger partial charge is 0.332 e. The number of carbonyl (C=O) groups is 1. The highest BCUT2D eigenvalue weighted by molar-refractivity contribution is 6.42. The number of amides is 1. The zero-order chi connectivity index (χ0) is 33.7. The molecule has 0 N–H and O–H groups in total. The Morgan fingerprint density at radius 2 is 1.66 bits per heavy atom. The Labute approximate surface area is 278 Å². The van der Waals surface area contributed by atoms with Gasteiger partial charge in [0.05, 0.1) is 41.2 Å². The standard InChI is InChI=1S/C33H32Cl2F3N3O6/c1-45-31-13-21(3-5-29(31)46-11-8-20-2-4-25(34)26(35)12-20)18-40-32(43)24-14-30(47-23(16-36)17-37)27(38)15-28(24)41(33(40)44)22-6-9-39(19-42)10-7-22/h2-5,12-15,19,22-23H,6-11,16-18H2,1H3. The van der Waals surface area contributed by atoms with E-state index in [1.54, 1.807) is 35.2 Å². The van der Waals surface area contributed by atoms with Crippen LogP contribution in [0.4, 0.5) is 13.2 Å². The first-order chi connectivity index (χ1) is 22.7. The van der Waals surface area contributed by atoms with Crippen molar-refractivity contribution in [2.24, 2.45) is 0 Å².